The van der Waals surface area contributed by atoms with Crippen LogP contribution < -0.4 is 0 Å². The van der Waals surface area contributed by atoms with Crippen molar-refractivity contribution in [3.8, 4) is 0 Å². The number of rotatable bonds is 7. The highest BCUT2D eigenvalue weighted by Crippen LogP contribution is 2.50. The summed E-state index contributed by atoms with van der Waals surface area (Å²) in [5.41, 5.74) is 8.39. The molecule has 0 heterocycles. The highest BCUT2D eigenvalue weighted by atomic mass is 14.4. The Balaban J connectivity index is 1.69. The molecule has 42 heavy (non-hydrogen) atoms. The summed E-state index contributed by atoms with van der Waals surface area (Å²) in [4.78, 5) is 0. The van der Waals surface area contributed by atoms with E-state index in [9.17, 15) is 0 Å². The third-order valence-corrected chi connectivity index (χ3v) is 8.55. The normalized spacial score (nSPS) is 11.5. The van der Waals surface area contributed by atoms with Crippen LogP contribution in [0.3, 0.4) is 0 Å². The Morgan fingerprint density at radius 2 is 0.714 bits per heavy atom. The number of hydrogen-bond donors (Lipinski definition) is 0. The van der Waals surface area contributed by atoms with E-state index in [0.717, 1.165) is 0 Å². The average Bonchev–Trinajstić information content (AvgIpc) is 3.08. The minimum absolute atomic E-state index is 0.0315. The number of benzene rings is 7. The zero-order chi connectivity index (χ0) is 28.2. The zero-order valence-electron chi connectivity index (χ0n) is 23.5. The smallest absolute Gasteiger partial charge is 0.0622 e. The summed E-state index contributed by atoms with van der Waals surface area (Å²) >= 11 is 0. The van der Waals surface area contributed by atoms with Crippen molar-refractivity contribution in [2.45, 2.75) is 11.3 Å². The van der Waals surface area contributed by atoms with Gasteiger partial charge in [0.1, 0.15) is 0 Å². The Kier molecular flexibility index (Phi) is 6.96. The van der Waals surface area contributed by atoms with Crippen molar-refractivity contribution in [2.75, 3.05) is 0 Å². The fourth-order valence-electron chi connectivity index (χ4n) is 6.78. The van der Waals surface area contributed by atoms with Gasteiger partial charge in [0.25, 0.3) is 0 Å². The lowest BCUT2D eigenvalue weighted by atomic mass is 9.62. The van der Waals surface area contributed by atoms with Gasteiger partial charge in [-0.1, -0.05) is 188 Å². The maximum Gasteiger partial charge on any atom is 0.0704 e. The van der Waals surface area contributed by atoms with Crippen LogP contribution in [0, 0.1) is 0 Å². The molecule has 0 N–H and O–H groups in total. The van der Waals surface area contributed by atoms with Crippen LogP contribution in [-0.4, -0.2) is 0 Å². The fourth-order valence-corrected chi connectivity index (χ4v) is 6.78. The topological polar surface area (TPSA) is 0 Å². The van der Waals surface area contributed by atoms with Gasteiger partial charge in [-0.15, -0.1) is 0 Å². The predicted octanol–water partition coefficient (Wildman–Crippen LogP) is 10.4. The van der Waals surface area contributed by atoms with Crippen LogP contribution in [0.5, 0.6) is 0 Å². The lowest BCUT2D eigenvalue weighted by Gasteiger charge is -2.40. The Hall–Kier alpha value is -5.20. The summed E-state index contributed by atoms with van der Waals surface area (Å²) in [6, 6.07) is 68.6. The van der Waals surface area contributed by atoms with Crippen molar-refractivity contribution in [3.63, 3.8) is 0 Å². The van der Waals surface area contributed by atoms with Gasteiger partial charge in [0, 0.05) is 5.92 Å². The monoisotopic (exact) mass is 536 g/mol. The predicted molar refractivity (Wildman–Crippen MR) is 176 cm³/mol. The molecule has 0 aliphatic heterocycles. The van der Waals surface area contributed by atoms with Crippen LogP contribution in [0.25, 0.3) is 10.8 Å². The molecule has 0 bridgehead atoms. The van der Waals surface area contributed by atoms with Crippen LogP contribution in [0.1, 0.15) is 44.9 Å². The molecule has 0 aromatic heterocycles. The van der Waals surface area contributed by atoms with E-state index >= 15 is 0 Å². The molecule has 7 aromatic carbocycles. The summed E-state index contributed by atoms with van der Waals surface area (Å²) in [6.45, 7) is 0. The molecular weight excluding hydrogens is 504 g/mol. The molecule has 0 aliphatic carbocycles. The minimum atomic E-state index is -0.551. The molecule has 0 saturated carbocycles. The second kappa shape index (κ2) is 11.4. The highest BCUT2D eigenvalue weighted by molar-refractivity contribution is 5.90. The maximum absolute atomic E-state index is 2.39. The second-order valence-corrected chi connectivity index (χ2v) is 10.9. The van der Waals surface area contributed by atoms with E-state index in [4.69, 9.17) is 0 Å². The lowest BCUT2D eigenvalue weighted by molar-refractivity contribution is 0.729. The molecular formula is C42H32. The van der Waals surface area contributed by atoms with E-state index in [1.54, 1.807) is 0 Å². The van der Waals surface area contributed by atoms with Gasteiger partial charge in [0.15, 0.2) is 0 Å². The summed E-state index contributed by atoms with van der Waals surface area (Å²) < 4.78 is 0. The molecule has 7 rings (SSSR count). The molecule has 0 nitrogen and oxygen atoms in total. The van der Waals surface area contributed by atoms with E-state index in [0.29, 0.717) is 0 Å². The molecule has 0 saturated heterocycles. The van der Waals surface area contributed by atoms with E-state index in [1.165, 1.54) is 49.7 Å². The van der Waals surface area contributed by atoms with E-state index in [1.807, 2.05) is 0 Å². The molecule has 7 aromatic rings. The van der Waals surface area contributed by atoms with Gasteiger partial charge in [0.05, 0.1) is 5.41 Å². The van der Waals surface area contributed by atoms with Gasteiger partial charge in [-0.2, -0.15) is 0 Å². The molecule has 200 valence electrons. The Labute approximate surface area is 248 Å². The van der Waals surface area contributed by atoms with Crippen molar-refractivity contribution in [1.82, 2.24) is 0 Å². The summed E-state index contributed by atoms with van der Waals surface area (Å²) in [6.07, 6.45) is 0. The van der Waals surface area contributed by atoms with Crippen LogP contribution in [0.15, 0.2) is 188 Å². The fraction of sp³-hybridized carbons (Fsp3) is 0.0476. The van der Waals surface area contributed by atoms with Gasteiger partial charge in [-0.3, -0.25) is 0 Å². The van der Waals surface area contributed by atoms with Crippen molar-refractivity contribution in [1.29, 1.82) is 0 Å². The molecule has 0 fully saturated rings. The van der Waals surface area contributed by atoms with Gasteiger partial charge in [-0.25, -0.2) is 0 Å². The van der Waals surface area contributed by atoms with Gasteiger partial charge in [-0.05, 0) is 49.7 Å². The molecule has 0 aliphatic rings. The standard InChI is InChI=1S/C42H32/c1-6-19-33(20-7-1)40(34-21-8-2-9-22-34)41-38-29-17-16-18-32(38)30-31-39(41)42(35-23-10-3-11-24-35,36-25-12-4-13-26-36)37-27-14-5-15-28-37/h1-31,40H. The quantitative estimate of drug-likeness (QED) is 0.178. The largest absolute Gasteiger partial charge is 0.0704 e. The third kappa shape index (κ3) is 4.42. The van der Waals surface area contributed by atoms with Crippen LogP contribution in [0.4, 0.5) is 0 Å². The molecule has 0 amide bonds. The van der Waals surface area contributed by atoms with Gasteiger partial charge in [0.2, 0.25) is 0 Å². The summed E-state index contributed by atoms with van der Waals surface area (Å²) in [7, 11) is 0. The van der Waals surface area contributed by atoms with Crippen molar-refractivity contribution >= 4 is 10.8 Å². The Bertz CT molecular complexity index is 1760. The SMILES string of the molecule is c1ccc(C(c2ccccc2)c2c(C(c3ccccc3)(c3ccccc3)c3ccccc3)ccc3ccccc23)cc1. The Morgan fingerprint density at radius 1 is 0.333 bits per heavy atom. The first-order valence-corrected chi connectivity index (χ1v) is 14.7. The third-order valence-electron chi connectivity index (χ3n) is 8.55. The molecule has 0 spiro atoms. The minimum Gasteiger partial charge on any atom is -0.0622 e. The van der Waals surface area contributed by atoms with E-state index in [-0.39, 0.29) is 5.92 Å². The molecule has 0 atom stereocenters. The summed E-state index contributed by atoms with van der Waals surface area (Å²) in [5, 5.41) is 2.52. The van der Waals surface area contributed by atoms with Crippen molar-refractivity contribution in [2.24, 2.45) is 0 Å². The van der Waals surface area contributed by atoms with Crippen LogP contribution >= 0.6 is 0 Å². The first-order valence-electron chi connectivity index (χ1n) is 14.7. The molecule has 0 radical (unpaired) electrons. The van der Waals surface area contributed by atoms with Crippen molar-refractivity contribution in [3.05, 3.63) is 227 Å². The lowest BCUT2D eigenvalue weighted by Crippen LogP contribution is -2.33. The Morgan fingerprint density at radius 3 is 1.17 bits per heavy atom. The molecule has 0 heteroatoms. The maximum atomic E-state index is 2.39. The van der Waals surface area contributed by atoms with Crippen molar-refractivity contribution < 1.29 is 0 Å². The first kappa shape index (κ1) is 25.7. The highest BCUT2D eigenvalue weighted by Gasteiger charge is 2.41. The van der Waals surface area contributed by atoms with Gasteiger partial charge < -0.3 is 0 Å². The zero-order valence-corrected chi connectivity index (χ0v) is 23.5. The van der Waals surface area contributed by atoms with E-state index in [2.05, 4.69) is 188 Å². The number of hydrogen-bond acceptors (Lipinski definition) is 0. The average molecular weight is 537 g/mol. The second-order valence-electron chi connectivity index (χ2n) is 10.9. The number of fused-ring (bicyclic) bond motifs is 1. The van der Waals surface area contributed by atoms with Crippen LogP contribution in [-0.2, 0) is 5.41 Å². The summed E-state index contributed by atoms with van der Waals surface area (Å²) in [5.74, 6) is 0.0315. The molecule has 0 unspecified atom stereocenters. The van der Waals surface area contributed by atoms with Crippen LogP contribution in [0.2, 0.25) is 0 Å². The van der Waals surface area contributed by atoms with Gasteiger partial charge >= 0.3 is 0 Å². The first-order chi connectivity index (χ1) is 20.9. The van der Waals surface area contributed by atoms with E-state index < -0.39 is 5.41 Å².